The number of hydrogen-bond donors (Lipinski definition) is 1. The van der Waals surface area contributed by atoms with Crippen molar-refractivity contribution in [1.29, 1.82) is 0 Å². The third-order valence-electron chi connectivity index (χ3n) is 6.24. The van der Waals surface area contributed by atoms with E-state index in [9.17, 15) is 14.7 Å². The van der Waals surface area contributed by atoms with Crippen LogP contribution < -0.4 is 0 Å². The van der Waals surface area contributed by atoms with Gasteiger partial charge in [0.2, 0.25) is 0 Å². The van der Waals surface area contributed by atoms with Crippen LogP contribution in [0.1, 0.15) is 59.3 Å². The number of allylic oxidation sites excluding steroid dienone is 5. The van der Waals surface area contributed by atoms with Crippen LogP contribution in [0.15, 0.2) is 36.0 Å². The highest BCUT2D eigenvalue weighted by Gasteiger charge is 2.52. The Morgan fingerprint density at radius 3 is 2.84 bits per heavy atom. The minimum absolute atomic E-state index is 0.0416. The molecule has 0 saturated carbocycles. The molecule has 1 amide bonds. The number of ether oxygens (including phenoxy) is 2. The molecule has 0 spiro atoms. The molecule has 0 aromatic carbocycles. The summed E-state index contributed by atoms with van der Waals surface area (Å²) in [5, 5.41) is 11.5. The van der Waals surface area contributed by atoms with Crippen molar-refractivity contribution in [1.82, 2.24) is 4.90 Å². The Balaban J connectivity index is 1.82. The van der Waals surface area contributed by atoms with E-state index in [1.165, 1.54) is 11.8 Å². The van der Waals surface area contributed by atoms with E-state index in [2.05, 4.69) is 25.2 Å². The van der Waals surface area contributed by atoms with Gasteiger partial charge in [0.05, 0.1) is 12.1 Å². The summed E-state index contributed by atoms with van der Waals surface area (Å²) in [5.41, 5.74) is 0.966. The lowest BCUT2D eigenvalue weighted by Gasteiger charge is -2.45. The largest absolute Gasteiger partial charge is 0.459 e. The molecular weight excluding hydrogens is 414 g/mol. The van der Waals surface area contributed by atoms with Crippen molar-refractivity contribution in [3.05, 3.63) is 36.0 Å². The molecule has 0 unspecified atom stereocenters. The molecule has 1 N–H and O–H groups in total. The van der Waals surface area contributed by atoms with E-state index in [4.69, 9.17) is 9.47 Å². The van der Waals surface area contributed by atoms with Crippen LogP contribution in [0.4, 0.5) is 4.79 Å². The number of amides is 1. The van der Waals surface area contributed by atoms with E-state index < -0.39 is 17.9 Å². The van der Waals surface area contributed by atoms with Crippen LogP contribution in [0, 0.1) is 5.92 Å². The molecule has 3 aliphatic heterocycles. The second-order valence-corrected chi connectivity index (χ2v) is 9.83. The fraction of sp³-hybridized carbons (Fsp3) is 0.667. The second-order valence-electron chi connectivity index (χ2n) is 8.86. The number of thioether (sulfide) groups is 1. The number of esters is 1. The molecule has 0 aliphatic carbocycles. The zero-order chi connectivity index (χ0) is 22.4. The van der Waals surface area contributed by atoms with E-state index in [1.807, 2.05) is 19.9 Å². The van der Waals surface area contributed by atoms with Gasteiger partial charge in [0.1, 0.15) is 6.10 Å². The molecule has 3 heterocycles. The first-order valence-electron chi connectivity index (χ1n) is 11.4. The predicted molar refractivity (Wildman–Crippen MR) is 123 cm³/mol. The Bertz CT molecular complexity index is 748. The zero-order valence-corrected chi connectivity index (χ0v) is 19.6. The molecule has 2 saturated heterocycles. The van der Waals surface area contributed by atoms with Crippen LogP contribution >= 0.6 is 11.8 Å². The normalized spacial score (nSPS) is 39.5. The molecule has 3 aliphatic rings. The Hall–Kier alpha value is -1.57. The van der Waals surface area contributed by atoms with Gasteiger partial charge >= 0.3 is 5.97 Å². The average Bonchev–Trinajstić information content (AvgIpc) is 3.09. The van der Waals surface area contributed by atoms with Crippen molar-refractivity contribution in [2.45, 2.75) is 83.3 Å². The highest BCUT2D eigenvalue weighted by Crippen LogP contribution is 2.40. The Labute approximate surface area is 189 Å². The van der Waals surface area contributed by atoms with Gasteiger partial charge in [-0.2, -0.15) is 0 Å². The fourth-order valence-electron chi connectivity index (χ4n) is 4.50. The Morgan fingerprint density at radius 2 is 2.06 bits per heavy atom. The monoisotopic (exact) mass is 449 g/mol. The standard InChI is InChI=1S/C24H35NO5S/c1-4-25-21(16-31-23(25)27)24(28)15-20-14-19(30-24)12-11-17(2)9-7-5-6-8-10-18(3)13-22(26)29-20/h5-7,9,13,17,19-21,28H,4,8,10-12,14-16H2,1-3H3/b6-5+,9-7-,18-13-/t17-,19-,20-,21+,24-/m1/s1. The van der Waals surface area contributed by atoms with Crippen molar-refractivity contribution < 1.29 is 24.2 Å². The first-order chi connectivity index (χ1) is 14.8. The predicted octanol–water partition coefficient (Wildman–Crippen LogP) is 4.59. The van der Waals surface area contributed by atoms with E-state index in [0.717, 1.165) is 31.3 Å². The highest BCUT2D eigenvalue weighted by molar-refractivity contribution is 8.13. The van der Waals surface area contributed by atoms with Gasteiger partial charge in [-0.25, -0.2) is 4.79 Å². The van der Waals surface area contributed by atoms with E-state index >= 15 is 0 Å². The van der Waals surface area contributed by atoms with E-state index in [1.54, 1.807) is 11.0 Å². The molecule has 2 fully saturated rings. The molecule has 31 heavy (non-hydrogen) atoms. The lowest BCUT2D eigenvalue weighted by atomic mass is 9.90. The molecule has 0 aromatic heterocycles. The van der Waals surface area contributed by atoms with Crippen molar-refractivity contribution in [2.75, 3.05) is 12.3 Å². The summed E-state index contributed by atoms with van der Waals surface area (Å²) in [6.45, 7) is 6.50. The summed E-state index contributed by atoms with van der Waals surface area (Å²) in [4.78, 5) is 26.4. The third kappa shape index (κ3) is 6.46. The van der Waals surface area contributed by atoms with Crippen LogP contribution in [0.25, 0.3) is 0 Å². The number of fused-ring (bicyclic) bond motifs is 2. The summed E-state index contributed by atoms with van der Waals surface area (Å²) in [5.74, 6) is -1.05. The van der Waals surface area contributed by atoms with Crippen LogP contribution in [0.2, 0.25) is 0 Å². The summed E-state index contributed by atoms with van der Waals surface area (Å²) in [6, 6.07) is -0.440. The van der Waals surface area contributed by atoms with Gasteiger partial charge in [-0.15, -0.1) is 0 Å². The summed E-state index contributed by atoms with van der Waals surface area (Å²) >= 11 is 1.21. The van der Waals surface area contributed by atoms with Crippen molar-refractivity contribution in [3.63, 3.8) is 0 Å². The van der Waals surface area contributed by atoms with E-state index in [0.29, 0.717) is 24.6 Å². The summed E-state index contributed by atoms with van der Waals surface area (Å²) in [6.07, 6.45) is 13.3. The molecule has 7 heteroatoms. The molecule has 3 rings (SSSR count). The first kappa shape index (κ1) is 24.1. The summed E-state index contributed by atoms with van der Waals surface area (Å²) in [7, 11) is 0. The van der Waals surface area contributed by atoms with Crippen molar-refractivity contribution in [3.8, 4) is 0 Å². The fourth-order valence-corrected chi connectivity index (χ4v) is 5.66. The van der Waals surface area contributed by atoms with Gasteiger partial charge in [-0.1, -0.05) is 48.6 Å². The summed E-state index contributed by atoms with van der Waals surface area (Å²) < 4.78 is 12.0. The number of carbonyl (C=O) groups is 2. The zero-order valence-electron chi connectivity index (χ0n) is 18.8. The van der Waals surface area contributed by atoms with Crippen molar-refractivity contribution in [2.24, 2.45) is 5.92 Å². The van der Waals surface area contributed by atoms with Gasteiger partial charge < -0.3 is 19.5 Å². The number of nitrogens with zero attached hydrogens (tertiary/aromatic N) is 1. The van der Waals surface area contributed by atoms with Crippen LogP contribution in [0.3, 0.4) is 0 Å². The number of hydrogen-bond acceptors (Lipinski definition) is 6. The highest BCUT2D eigenvalue weighted by atomic mass is 32.2. The molecule has 0 radical (unpaired) electrons. The second kappa shape index (κ2) is 10.8. The molecule has 5 atom stereocenters. The number of aliphatic hydroxyl groups is 1. The number of likely N-dealkylation sites (N-methyl/N-ethyl adjacent to an activating group) is 1. The van der Waals surface area contributed by atoms with Gasteiger partial charge in [-0.3, -0.25) is 4.79 Å². The topological polar surface area (TPSA) is 76.1 Å². The lowest BCUT2D eigenvalue weighted by Crippen LogP contribution is -2.59. The number of rotatable bonds is 2. The minimum atomic E-state index is -1.52. The third-order valence-corrected chi connectivity index (χ3v) is 7.20. The van der Waals surface area contributed by atoms with Crippen molar-refractivity contribution >= 4 is 23.0 Å². The van der Waals surface area contributed by atoms with Crippen LogP contribution in [0.5, 0.6) is 0 Å². The van der Waals surface area contributed by atoms with Gasteiger partial charge in [0, 0.05) is 31.2 Å². The molecule has 0 aromatic rings. The minimum Gasteiger partial charge on any atom is -0.459 e. The maximum atomic E-state index is 12.5. The van der Waals surface area contributed by atoms with Gasteiger partial charge in [0.25, 0.3) is 5.24 Å². The maximum Gasteiger partial charge on any atom is 0.330 e. The quantitative estimate of drug-likeness (QED) is 0.622. The van der Waals surface area contributed by atoms with Crippen LogP contribution in [-0.4, -0.2) is 57.5 Å². The SMILES string of the molecule is CCN1C(=O)SC[C@H]1[C@@]1(O)C[C@H]2C[C@@H](CC[C@H](C)/C=C\C=C\CC/C(C)=C\C(=O)O2)O1. The molecule has 6 nitrogen and oxygen atoms in total. The molecule has 2 bridgehead atoms. The van der Waals surface area contributed by atoms with Gasteiger partial charge in [0.15, 0.2) is 5.79 Å². The van der Waals surface area contributed by atoms with Crippen LogP contribution in [-0.2, 0) is 14.3 Å². The smallest absolute Gasteiger partial charge is 0.330 e. The maximum absolute atomic E-state index is 12.5. The molecular formula is C24H35NO5S. The average molecular weight is 450 g/mol. The number of carbonyl (C=O) groups excluding carboxylic acids is 2. The molecule has 172 valence electrons. The Morgan fingerprint density at radius 1 is 1.26 bits per heavy atom. The lowest BCUT2D eigenvalue weighted by molar-refractivity contribution is -0.293. The van der Waals surface area contributed by atoms with Gasteiger partial charge in [-0.05, 0) is 45.4 Å². The first-order valence-corrected chi connectivity index (χ1v) is 12.3. The Kier molecular flexibility index (Phi) is 8.42. The van der Waals surface area contributed by atoms with E-state index in [-0.39, 0.29) is 23.7 Å².